The Bertz CT molecular complexity index is 648. The van der Waals surface area contributed by atoms with Crippen molar-refractivity contribution in [2.75, 3.05) is 31.9 Å². The third-order valence-electron chi connectivity index (χ3n) is 3.21. The molecule has 118 valence electrons. The molecule has 0 aliphatic heterocycles. The number of methoxy groups -OCH3 is 2. The molecule has 22 heavy (non-hydrogen) atoms. The highest BCUT2D eigenvalue weighted by Gasteiger charge is 2.14. The number of aromatic nitrogens is 3. The van der Waals surface area contributed by atoms with Crippen LogP contribution in [0.1, 0.15) is 12.6 Å². The van der Waals surface area contributed by atoms with Crippen molar-refractivity contribution in [2.45, 2.75) is 19.9 Å². The van der Waals surface area contributed by atoms with Gasteiger partial charge in [-0.1, -0.05) is 0 Å². The van der Waals surface area contributed by atoms with Crippen LogP contribution < -0.4 is 15.8 Å². The van der Waals surface area contributed by atoms with Crippen molar-refractivity contribution in [1.29, 1.82) is 0 Å². The third-order valence-corrected chi connectivity index (χ3v) is 3.21. The fraction of sp³-hybridized carbons (Fsp3) is 0.400. The number of anilines is 2. The van der Waals surface area contributed by atoms with Crippen LogP contribution >= 0.6 is 0 Å². The highest BCUT2D eigenvalue weighted by atomic mass is 16.5. The number of pyridine rings is 1. The molecule has 0 aliphatic rings. The average Bonchev–Trinajstić information content (AvgIpc) is 2.50. The smallest absolute Gasteiger partial charge is 0.213 e. The Morgan fingerprint density at radius 3 is 2.68 bits per heavy atom. The van der Waals surface area contributed by atoms with Crippen molar-refractivity contribution in [1.82, 2.24) is 15.0 Å². The maximum atomic E-state index is 6.21. The zero-order valence-corrected chi connectivity index (χ0v) is 13.3. The number of nitrogens with zero attached hydrogens (tertiary/aromatic N) is 3. The molecule has 0 saturated carbocycles. The van der Waals surface area contributed by atoms with Gasteiger partial charge in [-0.3, -0.25) is 0 Å². The van der Waals surface area contributed by atoms with E-state index >= 15 is 0 Å². The summed E-state index contributed by atoms with van der Waals surface area (Å²) >= 11 is 0. The van der Waals surface area contributed by atoms with Gasteiger partial charge in [-0.2, -0.15) is 0 Å². The lowest BCUT2D eigenvalue weighted by molar-refractivity contribution is 0.190. The number of nitrogens with one attached hydrogen (secondary N) is 1. The molecule has 3 N–H and O–H groups in total. The summed E-state index contributed by atoms with van der Waals surface area (Å²) in [5, 5.41) is 3.22. The van der Waals surface area contributed by atoms with Crippen LogP contribution in [-0.4, -0.2) is 41.8 Å². The van der Waals surface area contributed by atoms with Crippen LogP contribution in [0.4, 0.5) is 11.5 Å². The molecule has 0 bridgehead atoms. The van der Waals surface area contributed by atoms with Gasteiger partial charge in [-0.05, 0) is 19.9 Å². The first-order valence-corrected chi connectivity index (χ1v) is 6.94. The first kappa shape index (κ1) is 16.0. The summed E-state index contributed by atoms with van der Waals surface area (Å²) in [4.78, 5) is 12.8. The first-order valence-electron chi connectivity index (χ1n) is 6.94. The fourth-order valence-electron chi connectivity index (χ4n) is 2.15. The number of hydrogen-bond donors (Lipinski definition) is 2. The van der Waals surface area contributed by atoms with E-state index in [0.29, 0.717) is 29.7 Å². The lowest BCUT2D eigenvalue weighted by atomic mass is 10.1. The molecule has 2 aromatic rings. The zero-order valence-electron chi connectivity index (χ0n) is 13.3. The van der Waals surface area contributed by atoms with Gasteiger partial charge in [0.05, 0.1) is 19.4 Å². The molecular formula is C15H21N5O2. The Morgan fingerprint density at radius 1 is 1.27 bits per heavy atom. The maximum Gasteiger partial charge on any atom is 0.213 e. The number of ether oxygens (including phenoxy) is 2. The first-order chi connectivity index (χ1) is 10.6. The number of rotatable bonds is 6. The Morgan fingerprint density at radius 2 is 2.05 bits per heavy atom. The molecule has 2 rings (SSSR count). The molecule has 0 radical (unpaired) electrons. The van der Waals surface area contributed by atoms with E-state index < -0.39 is 0 Å². The molecule has 0 amide bonds. The number of aryl methyl sites for hydroxylation is 1. The van der Waals surface area contributed by atoms with Gasteiger partial charge in [0.15, 0.2) is 5.82 Å². The molecule has 0 unspecified atom stereocenters. The van der Waals surface area contributed by atoms with Crippen LogP contribution in [0.25, 0.3) is 11.3 Å². The standard InChI is InChI=1S/C15H21N5O2/c1-9(7-21-3)19-15-13(16)14(17-8-18-15)11-5-6-12(22-4)20-10(11)2/h5-6,8-9H,7,16H2,1-4H3,(H,17,18,19)/t9-/m1/s1. The van der Waals surface area contributed by atoms with Crippen LogP contribution in [-0.2, 0) is 4.74 Å². The molecule has 0 fully saturated rings. The van der Waals surface area contributed by atoms with E-state index in [2.05, 4.69) is 20.3 Å². The van der Waals surface area contributed by atoms with E-state index in [9.17, 15) is 0 Å². The summed E-state index contributed by atoms with van der Waals surface area (Å²) in [6.45, 7) is 4.44. The normalized spacial score (nSPS) is 12.0. The molecule has 2 heterocycles. The number of hydrogen-bond acceptors (Lipinski definition) is 7. The van der Waals surface area contributed by atoms with E-state index in [-0.39, 0.29) is 6.04 Å². The lowest BCUT2D eigenvalue weighted by Crippen LogP contribution is -2.22. The van der Waals surface area contributed by atoms with Gasteiger partial charge >= 0.3 is 0 Å². The van der Waals surface area contributed by atoms with Gasteiger partial charge in [0.2, 0.25) is 5.88 Å². The predicted octanol–water partition coefficient (Wildman–Crippen LogP) is 1.88. The van der Waals surface area contributed by atoms with E-state index in [4.69, 9.17) is 15.2 Å². The Kier molecular flexibility index (Phi) is 5.11. The minimum Gasteiger partial charge on any atom is -0.481 e. The average molecular weight is 303 g/mol. The van der Waals surface area contributed by atoms with E-state index in [0.717, 1.165) is 11.3 Å². The molecule has 0 aliphatic carbocycles. The molecular weight excluding hydrogens is 282 g/mol. The zero-order chi connectivity index (χ0) is 16.1. The van der Waals surface area contributed by atoms with Gasteiger partial charge in [0, 0.05) is 24.8 Å². The second-order valence-corrected chi connectivity index (χ2v) is 4.97. The highest BCUT2D eigenvalue weighted by molar-refractivity contribution is 5.81. The van der Waals surface area contributed by atoms with Gasteiger partial charge in [-0.25, -0.2) is 15.0 Å². The second-order valence-electron chi connectivity index (χ2n) is 4.97. The Hall–Kier alpha value is -2.41. The van der Waals surface area contributed by atoms with Gasteiger partial charge in [0.25, 0.3) is 0 Å². The van der Waals surface area contributed by atoms with Gasteiger partial charge in [-0.15, -0.1) is 0 Å². The minimum absolute atomic E-state index is 0.0881. The SMILES string of the molecule is COC[C@@H](C)Nc1ncnc(-c2ccc(OC)nc2C)c1N. The van der Waals surface area contributed by atoms with Crippen molar-refractivity contribution >= 4 is 11.5 Å². The summed E-state index contributed by atoms with van der Waals surface area (Å²) in [6, 6.07) is 3.76. The Labute approximate surface area is 129 Å². The lowest BCUT2D eigenvalue weighted by Gasteiger charge is -2.16. The fourth-order valence-corrected chi connectivity index (χ4v) is 2.15. The Balaban J connectivity index is 2.36. The summed E-state index contributed by atoms with van der Waals surface area (Å²) in [5.41, 5.74) is 8.99. The molecule has 1 atom stereocenters. The molecule has 7 heteroatoms. The summed E-state index contributed by atoms with van der Waals surface area (Å²) in [7, 11) is 3.24. The summed E-state index contributed by atoms with van der Waals surface area (Å²) in [6.07, 6.45) is 1.48. The van der Waals surface area contributed by atoms with Gasteiger partial charge < -0.3 is 20.5 Å². The molecule has 7 nitrogen and oxygen atoms in total. The molecule has 2 aromatic heterocycles. The van der Waals surface area contributed by atoms with Crippen LogP contribution in [0.15, 0.2) is 18.5 Å². The topological polar surface area (TPSA) is 95.2 Å². The van der Waals surface area contributed by atoms with Crippen molar-refractivity contribution in [2.24, 2.45) is 0 Å². The number of nitrogen functional groups attached to an aromatic ring is 1. The van der Waals surface area contributed by atoms with E-state index in [1.54, 1.807) is 20.3 Å². The quantitative estimate of drug-likeness (QED) is 0.841. The van der Waals surface area contributed by atoms with Gasteiger partial charge in [0.1, 0.15) is 17.7 Å². The predicted molar refractivity (Wildman–Crippen MR) is 85.9 cm³/mol. The number of nitrogens with two attached hydrogens (primary N) is 1. The molecule has 0 aromatic carbocycles. The van der Waals surface area contributed by atoms with Crippen LogP contribution in [0.2, 0.25) is 0 Å². The second kappa shape index (κ2) is 7.04. The monoisotopic (exact) mass is 303 g/mol. The molecule has 0 saturated heterocycles. The van der Waals surface area contributed by atoms with Crippen molar-refractivity contribution in [3.05, 3.63) is 24.2 Å². The van der Waals surface area contributed by atoms with E-state index in [1.165, 1.54) is 6.33 Å². The molecule has 0 spiro atoms. The van der Waals surface area contributed by atoms with Crippen molar-refractivity contribution in [3.63, 3.8) is 0 Å². The van der Waals surface area contributed by atoms with Crippen molar-refractivity contribution in [3.8, 4) is 17.1 Å². The summed E-state index contributed by atoms with van der Waals surface area (Å²) in [5.74, 6) is 1.14. The highest BCUT2D eigenvalue weighted by Crippen LogP contribution is 2.30. The third kappa shape index (κ3) is 3.43. The van der Waals surface area contributed by atoms with Crippen LogP contribution in [0, 0.1) is 6.92 Å². The maximum absolute atomic E-state index is 6.21. The minimum atomic E-state index is 0.0881. The van der Waals surface area contributed by atoms with Crippen molar-refractivity contribution < 1.29 is 9.47 Å². The summed E-state index contributed by atoms with van der Waals surface area (Å²) < 4.78 is 10.2. The van der Waals surface area contributed by atoms with Crippen LogP contribution in [0.5, 0.6) is 5.88 Å². The van der Waals surface area contributed by atoms with Crippen LogP contribution in [0.3, 0.4) is 0 Å². The van der Waals surface area contributed by atoms with E-state index in [1.807, 2.05) is 19.9 Å². The largest absolute Gasteiger partial charge is 0.481 e.